The fourth-order valence-corrected chi connectivity index (χ4v) is 2.37. The summed E-state index contributed by atoms with van der Waals surface area (Å²) in [6, 6.07) is 10.1. The van der Waals surface area contributed by atoms with Gasteiger partial charge in [0.05, 0.1) is 0 Å². The molecule has 0 unspecified atom stereocenters. The van der Waals surface area contributed by atoms with E-state index >= 15 is 0 Å². The maximum absolute atomic E-state index is 5.87. The van der Waals surface area contributed by atoms with Crippen LogP contribution in [0.2, 0.25) is 5.28 Å². The Hall–Kier alpha value is -1.13. The number of hydrogen-bond acceptors (Lipinski definition) is 3. The van der Waals surface area contributed by atoms with Gasteiger partial charge < -0.3 is 4.90 Å². The lowest BCUT2D eigenvalue weighted by molar-refractivity contribution is 0.886. The van der Waals surface area contributed by atoms with Crippen molar-refractivity contribution >= 4 is 33.3 Å². The van der Waals surface area contributed by atoms with Crippen LogP contribution in [-0.2, 0) is 6.54 Å². The zero-order chi connectivity index (χ0) is 13.1. The molecule has 0 fully saturated rings. The van der Waals surface area contributed by atoms with E-state index in [1.54, 1.807) is 0 Å². The summed E-state index contributed by atoms with van der Waals surface area (Å²) in [5, 5.41) is 0.283. The molecular weight excluding hydrogens is 314 g/mol. The van der Waals surface area contributed by atoms with Crippen LogP contribution in [0, 0.1) is 6.92 Å². The standard InChI is InChI=1S/C13H13BrClN3/c1-9-6-12(17-13(15)16-9)18(2)8-10-4-3-5-11(14)7-10/h3-7H,8H2,1-2H3. The van der Waals surface area contributed by atoms with Crippen LogP contribution in [0.1, 0.15) is 11.3 Å². The minimum absolute atomic E-state index is 0.283. The van der Waals surface area contributed by atoms with Gasteiger partial charge in [-0.3, -0.25) is 0 Å². The highest BCUT2D eigenvalue weighted by molar-refractivity contribution is 9.10. The molecule has 2 rings (SSSR count). The van der Waals surface area contributed by atoms with Crippen molar-refractivity contribution in [2.24, 2.45) is 0 Å². The Morgan fingerprint density at radius 2 is 2.06 bits per heavy atom. The summed E-state index contributed by atoms with van der Waals surface area (Å²) in [5.74, 6) is 0.826. The van der Waals surface area contributed by atoms with Crippen LogP contribution in [0.3, 0.4) is 0 Å². The van der Waals surface area contributed by atoms with Crippen LogP contribution >= 0.6 is 27.5 Å². The van der Waals surface area contributed by atoms with E-state index in [0.717, 1.165) is 22.5 Å². The molecule has 0 aliphatic heterocycles. The van der Waals surface area contributed by atoms with E-state index < -0.39 is 0 Å². The van der Waals surface area contributed by atoms with E-state index in [1.165, 1.54) is 5.56 Å². The van der Waals surface area contributed by atoms with Crippen LogP contribution in [0.25, 0.3) is 0 Å². The van der Waals surface area contributed by atoms with Crippen LogP contribution in [0.4, 0.5) is 5.82 Å². The quantitative estimate of drug-likeness (QED) is 0.803. The maximum Gasteiger partial charge on any atom is 0.224 e. The molecule has 1 aromatic heterocycles. The number of aryl methyl sites for hydroxylation is 1. The Kier molecular flexibility index (Phi) is 4.19. The molecule has 0 radical (unpaired) electrons. The third-order valence-corrected chi connectivity index (χ3v) is 3.18. The van der Waals surface area contributed by atoms with Crippen molar-refractivity contribution in [1.29, 1.82) is 0 Å². The van der Waals surface area contributed by atoms with Gasteiger partial charge in [-0.1, -0.05) is 28.1 Å². The molecule has 5 heteroatoms. The Bertz CT molecular complexity index is 539. The number of hydrogen-bond donors (Lipinski definition) is 0. The molecule has 0 saturated carbocycles. The van der Waals surface area contributed by atoms with Gasteiger partial charge >= 0.3 is 0 Å². The molecule has 0 amide bonds. The van der Waals surface area contributed by atoms with Crippen molar-refractivity contribution in [2.75, 3.05) is 11.9 Å². The molecule has 2 aromatic rings. The average Bonchev–Trinajstić information content (AvgIpc) is 2.27. The molecule has 0 N–H and O–H groups in total. The fourth-order valence-electron chi connectivity index (χ4n) is 1.70. The lowest BCUT2D eigenvalue weighted by Gasteiger charge is -2.18. The Morgan fingerprint density at radius 3 is 2.72 bits per heavy atom. The highest BCUT2D eigenvalue weighted by Gasteiger charge is 2.06. The van der Waals surface area contributed by atoms with Gasteiger partial charge in [0.2, 0.25) is 5.28 Å². The molecule has 1 heterocycles. The second-order valence-electron chi connectivity index (χ2n) is 4.12. The summed E-state index contributed by atoms with van der Waals surface area (Å²) in [6.07, 6.45) is 0. The molecule has 0 atom stereocenters. The van der Waals surface area contributed by atoms with E-state index in [-0.39, 0.29) is 5.28 Å². The first-order valence-electron chi connectivity index (χ1n) is 5.51. The first-order valence-corrected chi connectivity index (χ1v) is 6.68. The van der Waals surface area contributed by atoms with E-state index in [2.05, 4.69) is 38.0 Å². The molecule has 0 aliphatic rings. The van der Waals surface area contributed by atoms with Gasteiger partial charge in [0, 0.05) is 29.8 Å². The summed E-state index contributed by atoms with van der Waals surface area (Å²) in [7, 11) is 1.99. The number of anilines is 1. The predicted octanol–water partition coefficient (Wildman–Crippen LogP) is 3.84. The third kappa shape index (κ3) is 3.43. The molecule has 3 nitrogen and oxygen atoms in total. The number of rotatable bonds is 3. The lowest BCUT2D eigenvalue weighted by atomic mass is 10.2. The normalized spacial score (nSPS) is 10.4. The molecule has 0 spiro atoms. The number of benzene rings is 1. The van der Waals surface area contributed by atoms with Crippen LogP contribution in [0.5, 0.6) is 0 Å². The highest BCUT2D eigenvalue weighted by Crippen LogP contribution is 2.18. The summed E-state index contributed by atoms with van der Waals surface area (Å²) in [5.41, 5.74) is 2.07. The Labute approximate surface area is 120 Å². The van der Waals surface area contributed by atoms with Gasteiger partial charge in [-0.2, -0.15) is 0 Å². The van der Waals surface area contributed by atoms with Gasteiger partial charge in [0.25, 0.3) is 0 Å². The molecule has 94 valence electrons. The van der Waals surface area contributed by atoms with Crippen molar-refractivity contribution in [2.45, 2.75) is 13.5 Å². The molecular formula is C13H13BrClN3. The average molecular weight is 327 g/mol. The minimum atomic E-state index is 0.283. The van der Waals surface area contributed by atoms with E-state index in [4.69, 9.17) is 11.6 Å². The van der Waals surface area contributed by atoms with E-state index in [1.807, 2.05) is 37.1 Å². The zero-order valence-electron chi connectivity index (χ0n) is 10.2. The van der Waals surface area contributed by atoms with Gasteiger partial charge in [-0.25, -0.2) is 9.97 Å². The van der Waals surface area contributed by atoms with Crippen molar-refractivity contribution in [3.05, 3.63) is 51.3 Å². The van der Waals surface area contributed by atoms with Crippen molar-refractivity contribution in [1.82, 2.24) is 9.97 Å². The second-order valence-corrected chi connectivity index (χ2v) is 5.38. The van der Waals surface area contributed by atoms with Crippen molar-refractivity contribution in [3.8, 4) is 0 Å². The first-order chi connectivity index (χ1) is 8.54. The van der Waals surface area contributed by atoms with Gasteiger partial charge in [-0.15, -0.1) is 0 Å². The zero-order valence-corrected chi connectivity index (χ0v) is 12.5. The number of aromatic nitrogens is 2. The largest absolute Gasteiger partial charge is 0.355 e. The molecule has 18 heavy (non-hydrogen) atoms. The smallest absolute Gasteiger partial charge is 0.224 e. The number of halogens is 2. The Balaban J connectivity index is 2.19. The molecule has 0 bridgehead atoms. The fraction of sp³-hybridized carbons (Fsp3) is 0.231. The van der Waals surface area contributed by atoms with E-state index in [9.17, 15) is 0 Å². The van der Waals surface area contributed by atoms with Gasteiger partial charge in [0.1, 0.15) is 5.82 Å². The Morgan fingerprint density at radius 1 is 1.28 bits per heavy atom. The molecule has 0 aliphatic carbocycles. The number of nitrogens with zero attached hydrogens (tertiary/aromatic N) is 3. The van der Waals surface area contributed by atoms with Crippen LogP contribution in [-0.4, -0.2) is 17.0 Å². The summed E-state index contributed by atoms with van der Waals surface area (Å²) in [6.45, 7) is 2.68. The highest BCUT2D eigenvalue weighted by atomic mass is 79.9. The van der Waals surface area contributed by atoms with Crippen molar-refractivity contribution in [3.63, 3.8) is 0 Å². The first kappa shape index (κ1) is 13.3. The monoisotopic (exact) mass is 325 g/mol. The lowest BCUT2D eigenvalue weighted by Crippen LogP contribution is -2.18. The van der Waals surface area contributed by atoms with Gasteiger partial charge in [-0.05, 0) is 36.2 Å². The second kappa shape index (κ2) is 5.67. The maximum atomic E-state index is 5.87. The van der Waals surface area contributed by atoms with Gasteiger partial charge in [0.15, 0.2) is 0 Å². The SMILES string of the molecule is Cc1cc(N(C)Cc2cccc(Br)c2)nc(Cl)n1. The summed E-state index contributed by atoms with van der Waals surface area (Å²) >= 11 is 9.33. The molecule has 1 aromatic carbocycles. The predicted molar refractivity (Wildman–Crippen MR) is 78.0 cm³/mol. The minimum Gasteiger partial charge on any atom is -0.355 e. The molecule has 0 saturated heterocycles. The van der Waals surface area contributed by atoms with E-state index in [0.29, 0.717) is 0 Å². The summed E-state index contributed by atoms with van der Waals surface area (Å²) in [4.78, 5) is 10.3. The van der Waals surface area contributed by atoms with Crippen LogP contribution < -0.4 is 4.90 Å². The topological polar surface area (TPSA) is 29.0 Å². The summed E-state index contributed by atoms with van der Waals surface area (Å²) < 4.78 is 1.07. The van der Waals surface area contributed by atoms with Crippen molar-refractivity contribution < 1.29 is 0 Å². The third-order valence-electron chi connectivity index (χ3n) is 2.51. The van der Waals surface area contributed by atoms with Crippen LogP contribution in [0.15, 0.2) is 34.8 Å².